The zero-order valence-corrected chi connectivity index (χ0v) is 16.5. The smallest absolute Gasteiger partial charge is 0.257 e. The average molecular weight is 395 g/mol. The summed E-state index contributed by atoms with van der Waals surface area (Å²) in [5.74, 6) is -0.477. The maximum absolute atomic E-state index is 12.7. The number of nitrogens with one attached hydrogen (secondary N) is 1. The summed E-state index contributed by atoms with van der Waals surface area (Å²) in [6.45, 7) is 3.59. The normalized spacial score (nSPS) is 20.2. The molecule has 3 amide bonds. The van der Waals surface area contributed by atoms with Crippen LogP contribution >= 0.6 is 0 Å². The van der Waals surface area contributed by atoms with Gasteiger partial charge in [-0.05, 0) is 38.0 Å². The Balaban J connectivity index is 1.28. The molecule has 0 aliphatic carbocycles. The van der Waals surface area contributed by atoms with Crippen LogP contribution in [0.15, 0.2) is 47.3 Å². The lowest BCUT2D eigenvalue weighted by Crippen LogP contribution is -2.48. The number of carbonyl (C=O) groups excluding carboxylic acids is 3. The van der Waals surface area contributed by atoms with E-state index in [-0.39, 0.29) is 36.1 Å². The van der Waals surface area contributed by atoms with Crippen molar-refractivity contribution in [1.82, 2.24) is 10.2 Å². The number of piperidine rings is 1. The predicted molar refractivity (Wildman–Crippen MR) is 107 cm³/mol. The van der Waals surface area contributed by atoms with E-state index in [0.29, 0.717) is 38.0 Å². The van der Waals surface area contributed by atoms with Crippen molar-refractivity contribution in [3.05, 3.63) is 54.0 Å². The van der Waals surface area contributed by atoms with Crippen LogP contribution in [0.5, 0.6) is 0 Å². The van der Waals surface area contributed by atoms with Crippen LogP contribution in [0.4, 0.5) is 5.69 Å². The van der Waals surface area contributed by atoms with Gasteiger partial charge in [0.05, 0.1) is 17.7 Å². The largest absolute Gasteiger partial charge is 0.472 e. The Bertz CT molecular complexity index is 883. The van der Waals surface area contributed by atoms with Crippen LogP contribution in [0.3, 0.4) is 0 Å². The molecule has 152 valence electrons. The highest BCUT2D eigenvalue weighted by Crippen LogP contribution is 2.26. The zero-order valence-electron chi connectivity index (χ0n) is 16.5. The summed E-state index contributed by atoms with van der Waals surface area (Å²) in [4.78, 5) is 40.9. The average Bonchev–Trinajstić information content (AvgIpc) is 3.39. The van der Waals surface area contributed by atoms with Crippen LogP contribution < -0.4 is 10.2 Å². The second-order valence-electron chi connectivity index (χ2n) is 7.83. The van der Waals surface area contributed by atoms with E-state index in [2.05, 4.69) is 5.32 Å². The molecule has 1 unspecified atom stereocenters. The van der Waals surface area contributed by atoms with Crippen molar-refractivity contribution in [1.29, 1.82) is 0 Å². The van der Waals surface area contributed by atoms with Gasteiger partial charge in [0.15, 0.2) is 0 Å². The molecule has 7 heteroatoms. The third-order valence-electron chi connectivity index (χ3n) is 5.74. The van der Waals surface area contributed by atoms with Crippen LogP contribution in [0.25, 0.3) is 0 Å². The Morgan fingerprint density at radius 3 is 2.48 bits per heavy atom. The monoisotopic (exact) mass is 395 g/mol. The second kappa shape index (κ2) is 8.11. The first-order chi connectivity index (χ1) is 14.0. The fourth-order valence-corrected chi connectivity index (χ4v) is 3.97. The SMILES string of the molecule is Cc1ccc(N2CC(C(=O)NC3CCN(C(=O)c4ccoc4)CC3)CC2=O)cc1. The number of carbonyl (C=O) groups is 3. The van der Waals surface area contributed by atoms with Crippen molar-refractivity contribution >= 4 is 23.4 Å². The molecule has 7 nitrogen and oxygen atoms in total. The van der Waals surface area contributed by atoms with Crippen molar-refractivity contribution in [2.24, 2.45) is 5.92 Å². The van der Waals surface area contributed by atoms with Crippen LogP contribution in [0.1, 0.15) is 35.2 Å². The Labute approximate surface area is 169 Å². The minimum Gasteiger partial charge on any atom is -0.472 e. The number of aryl methyl sites for hydroxylation is 1. The summed E-state index contributed by atoms with van der Waals surface area (Å²) in [5.41, 5.74) is 2.52. The van der Waals surface area contributed by atoms with Gasteiger partial charge in [-0.25, -0.2) is 0 Å². The minimum atomic E-state index is -0.339. The van der Waals surface area contributed by atoms with Gasteiger partial charge in [-0.15, -0.1) is 0 Å². The molecule has 2 fully saturated rings. The molecule has 1 atom stereocenters. The van der Waals surface area contributed by atoms with Crippen LogP contribution in [-0.2, 0) is 9.59 Å². The third kappa shape index (κ3) is 4.18. The highest BCUT2D eigenvalue weighted by Gasteiger charge is 2.36. The Morgan fingerprint density at radius 2 is 1.83 bits per heavy atom. The van der Waals surface area contributed by atoms with Crippen molar-refractivity contribution in [2.45, 2.75) is 32.2 Å². The highest BCUT2D eigenvalue weighted by atomic mass is 16.3. The lowest BCUT2D eigenvalue weighted by molar-refractivity contribution is -0.127. The molecule has 0 radical (unpaired) electrons. The van der Waals surface area contributed by atoms with Crippen molar-refractivity contribution in [3.63, 3.8) is 0 Å². The van der Waals surface area contributed by atoms with Gasteiger partial charge in [-0.2, -0.15) is 0 Å². The summed E-state index contributed by atoms with van der Waals surface area (Å²) < 4.78 is 4.98. The first-order valence-electron chi connectivity index (χ1n) is 10.00. The van der Waals surface area contributed by atoms with Gasteiger partial charge >= 0.3 is 0 Å². The van der Waals surface area contributed by atoms with E-state index in [1.165, 1.54) is 12.5 Å². The molecule has 1 aromatic heterocycles. The van der Waals surface area contributed by atoms with E-state index in [1.807, 2.05) is 31.2 Å². The van der Waals surface area contributed by atoms with E-state index in [0.717, 1.165) is 11.3 Å². The zero-order chi connectivity index (χ0) is 20.4. The lowest BCUT2D eigenvalue weighted by Gasteiger charge is -2.32. The predicted octanol–water partition coefficient (Wildman–Crippen LogP) is 2.36. The van der Waals surface area contributed by atoms with E-state index >= 15 is 0 Å². The molecule has 0 saturated carbocycles. The maximum Gasteiger partial charge on any atom is 0.257 e. The Hall–Kier alpha value is -3.09. The molecule has 1 aromatic carbocycles. The molecule has 0 spiro atoms. The molecular weight excluding hydrogens is 370 g/mol. The molecule has 2 aromatic rings. The van der Waals surface area contributed by atoms with Gasteiger partial charge < -0.3 is 19.5 Å². The number of hydrogen-bond acceptors (Lipinski definition) is 4. The summed E-state index contributed by atoms with van der Waals surface area (Å²) in [6, 6.07) is 9.45. The van der Waals surface area contributed by atoms with Crippen molar-refractivity contribution in [3.8, 4) is 0 Å². The number of benzene rings is 1. The van der Waals surface area contributed by atoms with E-state index in [1.54, 1.807) is 15.9 Å². The van der Waals surface area contributed by atoms with Crippen LogP contribution in [-0.4, -0.2) is 48.3 Å². The first kappa shape index (κ1) is 19.2. The maximum atomic E-state index is 12.7. The van der Waals surface area contributed by atoms with E-state index < -0.39 is 0 Å². The summed E-state index contributed by atoms with van der Waals surface area (Å²) in [6.07, 6.45) is 4.59. The number of hydrogen-bond donors (Lipinski definition) is 1. The first-order valence-corrected chi connectivity index (χ1v) is 10.00. The van der Waals surface area contributed by atoms with Gasteiger partial charge in [0.1, 0.15) is 6.26 Å². The minimum absolute atomic E-state index is 0.0190. The quantitative estimate of drug-likeness (QED) is 0.862. The molecule has 2 aliphatic heterocycles. The fourth-order valence-electron chi connectivity index (χ4n) is 3.97. The van der Waals surface area contributed by atoms with E-state index in [9.17, 15) is 14.4 Å². The topological polar surface area (TPSA) is 82.9 Å². The summed E-state index contributed by atoms with van der Waals surface area (Å²) in [7, 11) is 0. The number of amides is 3. The van der Waals surface area contributed by atoms with Gasteiger partial charge in [-0.1, -0.05) is 17.7 Å². The highest BCUT2D eigenvalue weighted by molar-refractivity contribution is 6.00. The standard InChI is InChI=1S/C22H25N3O4/c1-15-2-4-19(5-3-15)25-13-17(12-20(25)26)21(27)23-18-6-9-24(10-7-18)22(28)16-8-11-29-14-16/h2-5,8,11,14,17-18H,6-7,9-10,12-13H2,1H3,(H,23,27). The second-order valence-corrected chi connectivity index (χ2v) is 7.83. The van der Waals surface area contributed by atoms with Gasteiger partial charge in [0.25, 0.3) is 5.91 Å². The molecule has 2 aliphatic rings. The van der Waals surface area contributed by atoms with Crippen LogP contribution in [0.2, 0.25) is 0 Å². The lowest BCUT2D eigenvalue weighted by atomic mass is 10.0. The fraction of sp³-hybridized carbons (Fsp3) is 0.409. The molecule has 2 saturated heterocycles. The Morgan fingerprint density at radius 1 is 1.10 bits per heavy atom. The van der Waals surface area contributed by atoms with E-state index in [4.69, 9.17) is 4.42 Å². The number of anilines is 1. The van der Waals surface area contributed by atoms with Gasteiger partial charge in [0, 0.05) is 37.8 Å². The molecule has 0 bridgehead atoms. The number of likely N-dealkylation sites (tertiary alicyclic amines) is 1. The molecule has 1 N–H and O–H groups in total. The van der Waals surface area contributed by atoms with Crippen molar-refractivity contribution in [2.75, 3.05) is 24.5 Å². The third-order valence-corrected chi connectivity index (χ3v) is 5.74. The number of rotatable bonds is 4. The molecule has 4 rings (SSSR count). The van der Waals surface area contributed by atoms with Gasteiger partial charge in [0.2, 0.25) is 11.8 Å². The summed E-state index contributed by atoms with van der Waals surface area (Å²) in [5, 5.41) is 3.08. The van der Waals surface area contributed by atoms with Crippen LogP contribution in [0, 0.1) is 12.8 Å². The molecule has 3 heterocycles. The molecule has 29 heavy (non-hydrogen) atoms. The number of furan rings is 1. The van der Waals surface area contributed by atoms with Gasteiger partial charge in [-0.3, -0.25) is 14.4 Å². The number of nitrogens with zero attached hydrogens (tertiary/aromatic N) is 2. The molecular formula is C22H25N3O4. The Kier molecular flexibility index (Phi) is 5.38. The summed E-state index contributed by atoms with van der Waals surface area (Å²) >= 11 is 0. The van der Waals surface area contributed by atoms with Crippen molar-refractivity contribution < 1.29 is 18.8 Å².